The van der Waals surface area contributed by atoms with Gasteiger partial charge in [0, 0.05) is 5.56 Å². The Morgan fingerprint density at radius 3 is 2.81 bits per heavy atom. The molecule has 27 heavy (non-hydrogen) atoms. The van der Waals surface area contributed by atoms with Crippen LogP contribution in [0.1, 0.15) is 10.4 Å². The van der Waals surface area contributed by atoms with E-state index in [1.54, 1.807) is 6.07 Å². The molecule has 2 aromatic heterocycles. The van der Waals surface area contributed by atoms with E-state index in [1.807, 2.05) is 5.32 Å². The number of alkyl halides is 3. The van der Waals surface area contributed by atoms with E-state index in [0.29, 0.717) is 21.2 Å². The molecule has 0 unspecified atom stereocenters. The van der Waals surface area contributed by atoms with Crippen LogP contribution in [0.2, 0.25) is 0 Å². The maximum absolute atomic E-state index is 12.3. The number of hydrogen-bond acceptors (Lipinski definition) is 6. The van der Waals surface area contributed by atoms with Crippen molar-refractivity contribution in [3.8, 4) is 16.9 Å². The number of benzene rings is 1. The number of anilines is 1. The molecule has 0 aliphatic carbocycles. The lowest BCUT2D eigenvalue weighted by atomic mass is 10.0. The van der Waals surface area contributed by atoms with Gasteiger partial charge in [0.25, 0.3) is 5.91 Å². The van der Waals surface area contributed by atoms with Gasteiger partial charge in [-0.1, -0.05) is 6.07 Å². The minimum Gasteiger partial charge on any atom is -0.496 e. The molecule has 0 fully saturated rings. The molecule has 142 valence electrons. The average molecular weight is 445 g/mol. The van der Waals surface area contributed by atoms with E-state index in [9.17, 15) is 18.0 Å². The number of halogens is 4. The smallest absolute Gasteiger partial charge is 0.405 e. The van der Waals surface area contributed by atoms with E-state index in [1.165, 1.54) is 30.2 Å². The predicted octanol–water partition coefficient (Wildman–Crippen LogP) is 2.44. The lowest BCUT2D eigenvalue weighted by Gasteiger charge is -2.12. The molecule has 0 aliphatic heterocycles. The van der Waals surface area contributed by atoms with Gasteiger partial charge in [0.05, 0.1) is 12.7 Å². The number of carbonyl (C=O) groups excluding carboxylic acids is 1. The molecule has 3 rings (SSSR count). The van der Waals surface area contributed by atoms with E-state index < -0.39 is 18.6 Å². The van der Waals surface area contributed by atoms with Crippen molar-refractivity contribution in [2.45, 2.75) is 6.18 Å². The number of carbonyl (C=O) groups is 1. The summed E-state index contributed by atoms with van der Waals surface area (Å²) in [7, 11) is 1.31. The third-order valence-electron chi connectivity index (χ3n) is 3.61. The first-order valence-electron chi connectivity index (χ1n) is 7.39. The Balaban J connectivity index is 2.03. The van der Waals surface area contributed by atoms with Crippen molar-refractivity contribution < 1.29 is 22.7 Å². The maximum atomic E-state index is 12.3. The standard InChI is InChI=1S/C15H12BrF3N6O2/c1-27-9-4-7(2-3-8(9)14(26)21-5-15(17,18)19)10-11-13(20)22-6-23-25(11)24-12(10)16/h2-4,6H,5H2,1H3,(H,21,26)(H2,20,22,23). The van der Waals surface area contributed by atoms with Gasteiger partial charge in [0.2, 0.25) is 0 Å². The molecule has 0 aliphatic rings. The molecule has 0 saturated carbocycles. The van der Waals surface area contributed by atoms with Crippen molar-refractivity contribution in [2.24, 2.45) is 0 Å². The zero-order valence-corrected chi connectivity index (χ0v) is 15.3. The topological polar surface area (TPSA) is 107 Å². The number of nitrogens with zero attached hydrogens (tertiary/aromatic N) is 4. The van der Waals surface area contributed by atoms with Crippen LogP contribution in [0.5, 0.6) is 5.75 Å². The predicted molar refractivity (Wildman–Crippen MR) is 93.3 cm³/mol. The summed E-state index contributed by atoms with van der Waals surface area (Å²) in [4.78, 5) is 16.0. The highest BCUT2D eigenvalue weighted by atomic mass is 79.9. The average Bonchev–Trinajstić information content (AvgIpc) is 2.95. The molecule has 3 aromatic rings. The molecular formula is C15H12BrF3N6O2. The fraction of sp³-hybridized carbons (Fsp3) is 0.200. The molecular weight excluding hydrogens is 433 g/mol. The maximum Gasteiger partial charge on any atom is 0.405 e. The largest absolute Gasteiger partial charge is 0.496 e. The fourth-order valence-corrected chi connectivity index (χ4v) is 3.03. The number of rotatable bonds is 4. The minimum absolute atomic E-state index is 0.0395. The highest BCUT2D eigenvalue weighted by Crippen LogP contribution is 2.36. The summed E-state index contributed by atoms with van der Waals surface area (Å²) in [6, 6.07) is 4.39. The summed E-state index contributed by atoms with van der Waals surface area (Å²) < 4.78 is 43.8. The summed E-state index contributed by atoms with van der Waals surface area (Å²) >= 11 is 3.32. The number of nitrogens with one attached hydrogen (secondary N) is 1. The Kier molecular flexibility index (Phi) is 4.91. The van der Waals surface area contributed by atoms with Crippen molar-refractivity contribution in [2.75, 3.05) is 19.4 Å². The van der Waals surface area contributed by atoms with Crippen LogP contribution >= 0.6 is 15.9 Å². The third kappa shape index (κ3) is 3.79. The molecule has 3 N–H and O–H groups in total. The van der Waals surface area contributed by atoms with Crippen LogP contribution in [0, 0.1) is 0 Å². The van der Waals surface area contributed by atoms with Crippen LogP contribution in [0.3, 0.4) is 0 Å². The minimum atomic E-state index is -4.51. The molecule has 1 amide bonds. The number of aromatic nitrogens is 4. The molecule has 2 heterocycles. The number of amides is 1. The summed E-state index contributed by atoms with van der Waals surface area (Å²) in [5, 5.41) is 9.95. The highest BCUT2D eigenvalue weighted by Gasteiger charge is 2.28. The highest BCUT2D eigenvalue weighted by molar-refractivity contribution is 9.10. The van der Waals surface area contributed by atoms with E-state index in [0.717, 1.165) is 0 Å². The molecule has 0 atom stereocenters. The van der Waals surface area contributed by atoms with Crippen LogP contribution in [-0.4, -0.2) is 45.5 Å². The molecule has 12 heteroatoms. The summed E-state index contributed by atoms with van der Waals surface area (Å²) in [5.74, 6) is -0.629. The van der Waals surface area contributed by atoms with Crippen LogP contribution in [0.4, 0.5) is 19.0 Å². The number of nitrogens with two attached hydrogens (primary N) is 1. The van der Waals surface area contributed by atoms with E-state index in [2.05, 4.69) is 31.1 Å². The van der Waals surface area contributed by atoms with Gasteiger partial charge in [-0.2, -0.15) is 13.2 Å². The summed E-state index contributed by atoms with van der Waals surface area (Å²) in [5.41, 5.74) is 7.40. The molecule has 1 aromatic carbocycles. The molecule has 0 radical (unpaired) electrons. The lowest BCUT2D eigenvalue weighted by Crippen LogP contribution is -2.33. The zero-order valence-electron chi connectivity index (χ0n) is 13.7. The number of fused-ring (bicyclic) bond motifs is 1. The van der Waals surface area contributed by atoms with Crippen LogP contribution in [0.25, 0.3) is 16.6 Å². The Morgan fingerprint density at radius 1 is 1.41 bits per heavy atom. The normalized spacial score (nSPS) is 11.6. The second-order valence-corrected chi connectivity index (χ2v) is 6.11. The number of ether oxygens (including phenoxy) is 1. The second kappa shape index (κ2) is 7.02. The zero-order chi connectivity index (χ0) is 19.8. The van der Waals surface area contributed by atoms with Gasteiger partial charge < -0.3 is 15.8 Å². The summed E-state index contributed by atoms with van der Waals surface area (Å²) in [6.45, 7) is -1.44. The van der Waals surface area contributed by atoms with Crippen molar-refractivity contribution in [1.29, 1.82) is 0 Å². The number of nitrogen functional groups attached to an aromatic ring is 1. The molecule has 0 bridgehead atoms. The van der Waals surface area contributed by atoms with Gasteiger partial charge in [-0.3, -0.25) is 4.79 Å². The van der Waals surface area contributed by atoms with Gasteiger partial charge >= 0.3 is 6.18 Å². The van der Waals surface area contributed by atoms with Crippen LogP contribution in [-0.2, 0) is 0 Å². The fourth-order valence-electron chi connectivity index (χ4n) is 2.46. The number of hydrogen-bond donors (Lipinski definition) is 2. The van der Waals surface area contributed by atoms with Gasteiger partial charge in [0.1, 0.15) is 28.7 Å². The van der Waals surface area contributed by atoms with Gasteiger partial charge in [-0.15, -0.1) is 14.8 Å². The Morgan fingerprint density at radius 2 is 2.15 bits per heavy atom. The first-order chi connectivity index (χ1) is 12.7. The van der Waals surface area contributed by atoms with Gasteiger partial charge in [-0.25, -0.2) is 4.98 Å². The van der Waals surface area contributed by atoms with Crippen molar-refractivity contribution in [1.82, 2.24) is 25.1 Å². The Bertz CT molecular complexity index is 1020. The quantitative estimate of drug-likeness (QED) is 0.639. The van der Waals surface area contributed by atoms with E-state index in [4.69, 9.17) is 10.5 Å². The van der Waals surface area contributed by atoms with Crippen LogP contribution in [0.15, 0.2) is 29.1 Å². The molecule has 8 nitrogen and oxygen atoms in total. The lowest BCUT2D eigenvalue weighted by molar-refractivity contribution is -0.123. The SMILES string of the molecule is COc1cc(-c2c(Br)nn3ncnc(N)c23)ccc1C(=O)NCC(F)(F)F. The molecule has 0 saturated heterocycles. The van der Waals surface area contributed by atoms with Crippen LogP contribution < -0.4 is 15.8 Å². The first kappa shape index (κ1) is 18.9. The first-order valence-corrected chi connectivity index (χ1v) is 8.19. The Labute approximate surface area is 158 Å². The number of methoxy groups -OCH3 is 1. The third-order valence-corrected chi connectivity index (χ3v) is 4.17. The van der Waals surface area contributed by atoms with E-state index in [-0.39, 0.29) is 17.1 Å². The van der Waals surface area contributed by atoms with Gasteiger partial charge in [-0.05, 0) is 33.6 Å². The monoisotopic (exact) mass is 444 g/mol. The van der Waals surface area contributed by atoms with Crippen molar-refractivity contribution in [3.05, 3.63) is 34.7 Å². The Hall–Kier alpha value is -2.89. The molecule has 0 spiro atoms. The summed E-state index contributed by atoms with van der Waals surface area (Å²) in [6.07, 6.45) is -3.26. The van der Waals surface area contributed by atoms with Gasteiger partial charge in [0.15, 0.2) is 5.82 Å². The van der Waals surface area contributed by atoms with Crippen molar-refractivity contribution >= 4 is 33.2 Å². The van der Waals surface area contributed by atoms with E-state index >= 15 is 0 Å². The second-order valence-electron chi connectivity index (χ2n) is 5.36. The van der Waals surface area contributed by atoms with Crippen molar-refractivity contribution in [3.63, 3.8) is 0 Å².